The van der Waals surface area contributed by atoms with Crippen LogP contribution in [0.4, 0.5) is 11.4 Å². The van der Waals surface area contributed by atoms with Gasteiger partial charge in [0.05, 0.1) is 4.92 Å². The molecule has 0 saturated carbocycles. The molecule has 0 aromatic heterocycles. The number of hydrogen-bond acceptors (Lipinski definition) is 5. The van der Waals surface area contributed by atoms with Gasteiger partial charge in [0, 0.05) is 37.3 Å². The van der Waals surface area contributed by atoms with Crippen LogP contribution in [0.1, 0.15) is 6.92 Å². The summed E-state index contributed by atoms with van der Waals surface area (Å²) in [4.78, 5) is 25.3. The summed E-state index contributed by atoms with van der Waals surface area (Å²) in [5.74, 6) is -0.864. The Balaban J connectivity index is 2.14. The van der Waals surface area contributed by atoms with Gasteiger partial charge in [-0.3, -0.25) is 19.8 Å². The van der Waals surface area contributed by atoms with Crippen LogP contribution in [-0.4, -0.2) is 53.1 Å². The summed E-state index contributed by atoms with van der Waals surface area (Å²) in [5.41, 5.74) is 0.495. The van der Waals surface area contributed by atoms with Gasteiger partial charge in [-0.25, -0.2) is 0 Å². The molecule has 114 valence electrons. The molecule has 0 aliphatic carbocycles. The van der Waals surface area contributed by atoms with Crippen molar-refractivity contribution in [1.29, 1.82) is 0 Å². The summed E-state index contributed by atoms with van der Waals surface area (Å²) in [6.07, 6.45) is 0. The fraction of sp³-hybridized carbons (Fsp3) is 0.462. The summed E-state index contributed by atoms with van der Waals surface area (Å²) in [5, 5.41) is 20.5. The minimum atomic E-state index is -0.864. The van der Waals surface area contributed by atoms with E-state index < -0.39 is 16.9 Å². The number of rotatable bonds is 4. The molecule has 21 heavy (non-hydrogen) atoms. The van der Waals surface area contributed by atoms with E-state index >= 15 is 0 Å². The Morgan fingerprint density at radius 3 is 2.52 bits per heavy atom. The molecule has 1 atom stereocenters. The first kappa shape index (κ1) is 15.5. The second kappa shape index (κ2) is 6.28. The van der Waals surface area contributed by atoms with Crippen LogP contribution in [0, 0.1) is 10.1 Å². The molecule has 0 spiro atoms. The van der Waals surface area contributed by atoms with Crippen molar-refractivity contribution in [2.24, 2.45) is 0 Å². The number of aliphatic carboxylic acids is 1. The van der Waals surface area contributed by atoms with Crippen molar-refractivity contribution in [2.75, 3.05) is 31.1 Å². The second-order valence-corrected chi connectivity index (χ2v) is 5.36. The van der Waals surface area contributed by atoms with E-state index in [1.54, 1.807) is 13.0 Å². The van der Waals surface area contributed by atoms with Crippen LogP contribution in [-0.2, 0) is 4.79 Å². The topological polar surface area (TPSA) is 86.9 Å². The van der Waals surface area contributed by atoms with Gasteiger partial charge in [0.15, 0.2) is 0 Å². The third-order valence-corrected chi connectivity index (χ3v) is 3.93. The molecule has 1 saturated heterocycles. The first-order chi connectivity index (χ1) is 9.90. The Morgan fingerprint density at radius 2 is 2.00 bits per heavy atom. The largest absolute Gasteiger partial charge is 0.480 e. The Morgan fingerprint density at radius 1 is 1.38 bits per heavy atom. The molecule has 1 fully saturated rings. The predicted octanol–water partition coefficient (Wildman–Crippen LogP) is 1.84. The Bertz CT molecular complexity index is 558. The number of hydrogen-bond donors (Lipinski definition) is 1. The minimum Gasteiger partial charge on any atom is -0.480 e. The highest BCUT2D eigenvalue weighted by molar-refractivity contribution is 6.31. The van der Waals surface area contributed by atoms with Crippen molar-refractivity contribution in [1.82, 2.24) is 4.90 Å². The van der Waals surface area contributed by atoms with Gasteiger partial charge in [0.1, 0.15) is 11.7 Å². The normalized spacial score (nSPS) is 17.5. The summed E-state index contributed by atoms with van der Waals surface area (Å²) in [6, 6.07) is 3.91. The number of nitro groups is 1. The zero-order valence-corrected chi connectivity index (χ0v) is 12.3. The van der Waals surface area contributed by atoms with Crippen LogP contribution in [0.25, 0.3) is 0 Å². The van der Waals surface area contributed by atoms with Crippen LogP contribution in [0.3, 0.4) is 0 Å². The summed E-state index contributed by atoms with van der Waals surface area (Å²) in [6.45, 7) is 3.77. The van der Waals surface area contributed by atoms with E-state index in [9.17, 15) is 14.9 Å². The Kier molecular flexibility index (Phi) is 4.64. The molecule has 0 bridgehead atoms. The Labute approximate surface area is 126 Å². The molecule has 8 heteroatoms. The van der Waals surface area contributed by atoms with Crippen molar-refractivity contribution < 1.29 is 14.8 Å². The van der Waals surface area contributed by atoms with Crippen molar-refractivity contribution in [3.8, 4) is 0 Å². The van der Waals surface area contributed by atoms with Gasteiger partial charge in [-0.1, -0.05) is 11.6 Å². The predicted molar refractivity (Wildman–Crippen MR) is 79.0 cm³/mol. The zero-order chi connectivity index (χ0) is 15.6. The van der Waals surface area contributed by atoms with Crippen LogP contribution in [0.5, 0.6) is 0 Å². The molecule has 1 heterocycles. The molecule has 1 aromatic carbocycles. The zero-order valence-electron chi connectivity index (χ0n) is 11.5. The molecule has 2 rings (SSSR count). The number of carbonyl (C=O) groups is 1. The molecule has 1 unspecified atom stereocenters. The third-order valence-electron chi connectivity index (χ3n) is 3.69. The van der Waals surface area contributed by atoms with E-state index in [0.717, 1.165) is 0 Å². The first-order valence-corrected chi connectivity index (χ1v) is 6.93. The number of benzene rings is 1. The molecular weight excluding hydrogens is 298 g/mol. The summed E-state index contributed by atoms with van der Waals surface area (Å²) >= 11 is 5.92. The number of piperazine rings is 1. The molecule has 1 aliphatic heterocycles. The van der Waals surface area contributed by atoms with Gasteiger partial charge < -0.3 is 10.0 Å². The lowest BCUT2D eigenvalue weighted by Gasteiger charge is -2.37. The smallest absolute Gasteiger partial charge is 0.320 e. The van der Waals surface area contributed by atoms with Gasteiger partial charge in [0.25, 0.3) is 5.69 Å². The van der Waals surface area contributed by atoms with Crippen molar-refractivity contribution in [2.45, 2.75) is 13.0 Å². The van der Waals surface area contributed by atoms with Crippen molar-refractivity contribution in [3.63, 3.8) is 0 Å². The van der Waals surface area contributed by atoms with Crippen LogP contribution >= 0.6 is 11.6 Å². The quantitative estimate of drug-likeness (QED) is 0.674. The lowest BCUT2D eigenvalue weighted by Crippen LogP contribution is -2.51. The molecule has 1 aromatic rings. The summed E-state index contributed by atoms with van der Waals surface area (Å²) in [7, 11) is 0. The molecular formula is C13H16ClN3O4. The lowest BCUT2D eigenvalue weighted by molar-refractivity contribution is -0.384. The fourth-order valence-electron chi connectivity index (χ4n) is 2.41. The monoisotopic (exact) mass is 313 g/mol. The van der Waals surface area contributed by atoms with E-state index in [0.29, 0.717) is 36.9 Å². The van der Waals surface area contributed by atoms with Crippen LogP contribution in [0.15, 0.2) is 18.2 Å². The first-order valence-electron chi connectivity index (χ1n) is 6.56. The van der Waals surface area contributed by atoms with E-state index in [1.165, 1.54) is 12.1 Å². The van der Waals surface area contributed by atoms with Gasteiger partial charge in [-0.15, -0.1) is 0 Å². The highest BCUT2D eigenvalue weighted by Gasteiger charge is 2.28. The summed E-state index contributed by atoms with van der Waals surface area (Å²) < 4.78 is 0. The highest BCUT2D eigenvalue weighted by atomic mass is 35.5. The number of nitrogens with zero attached hydrogens (tertiary/aromatic N) is 3. The lowest BCUT2D eigenvalue weighted by atomic mass is 10.2. The number of carboxylic acids is 1. The standard InChI is InChI=1S/C13H16ClN3O4/c1-9(13(18)19)15-4-6-16(7-5-15)12-8-10(14)2-3-11(12)17(20)21/h2-3,8-9H,4-7H2,1H3,(H,18,19). The fourth-order valence-corrected chi connectivity index (χ4v) is 2.58. The van der Waals surface area contributed by atoms with Gasteiger partial charge in [-0.05, 0) is 19.1 Å². The van der Waals surface area contributed by atoms with E-state index in [4.69, 9.17) is 16.7 Å². The van der Waals surface area contributed by atoms with Crippen molar-refractivity contribution in [3.05, 3.63) is 33.3 Å². The molecule has 1 N–H and O–H groups in total. The van der Waals surface area contributed by atoms with Gasteiger partial charge >= 0.3 is 5.97 Å². The molecule has 0 radical (unpaired) electrons. The third kappa shape index (κ3) is 3.43. The number of halogens is 1. The molecule has 7 nitrogen and oxygen atoms in total. The SMILES string of the molecule is CC(C(=O)O)N1CCN(c2cc(Cl)ccc2[N+](=O)[O-])CC1. The maximum absolute atomic E-state index is 11.1. The average molecular weight is 314 g/mol. The molecule has 1 aliphatic rings. The van der Waals surface area contributed by atoms with Crippen molar-refractivity contribution >= 4 is 28.9 Å². The van der Waals surface area contributed by atoms with Gasteiger partial charge in [-0.2, -0.15) is 0 Å². The Hall–Kier alpha value is -1.86. The number of anilines is 1. The minimum absolute atomic E-state index is 0.0131. The maximum Gasteiger partial charge on any atom is 0.320 e. The van der Waals surface area contributed by atoms with E-state index in [2.05, 4.69) is 0 Å². The maximum atomic E-state index is 11.1. The van der Waals surface area contributed by atoms with Crippen LogP contribution in [0.2, 0.25) is 5.02 Å². The molecule has 0 amide bonds. The number of nitro benzene ring substituents is 1. The van der Waals surface area contributed by atoms with Crippen LogP contribution < -0.4 is 4.90 Å². The average Bonchev–Trinajstić information content (AvgIpc) is 2.46. The second-order valence-electron chi connectivity index (χ2n) is 4.93. The van der Waals surface area contributed by atoms with E-state index in [-0.39, 0.29) is 5.69 Å². The van der Waals surface area contributed by atoms with Gasteiger partial charge in [0.2, 0.25) is 0 Å². The number of carboxylic acid groups (broad SMARTS) is 1. The highest BCUT2D eigenvalue weighted by Crippen LogP contribution is 2.31. The van der Waals surface area contributed by atoms with E-state index in [1.807, 2.05) is 9.80 Å².